The molecule has 0 spiro atoms. The third-order valence-corrected chi connectivity index (χ3v) is 4.51. The highest BCUT2D eigenvalue weighted by molar-refractivity contribution is 5.98. The summed E-state index contributed by atoms with van der Waals surface area (Å²) in [5.41, 5.74) is 1.55. The van der Waals surface area contributed by atoms with Crippen molar-refractivity contribution in [1.29, 1.82) is 0 Å². The van der Waals surface area contributed by atoms with E-state index in [1.54, 1.807) is 17.2 Å². The maximum Gasteiger partial charge on any atom is 0.256 e. The summed E-state index contributed by atoms with van der Waals surface area (Å²) < 4.78 is 1.78. The molecule has 4 rings (SSSR count). The van der Waals surface area contributed by atoms with Gasteiger partial charge in [0.2, 0.25) is 0 Å². The summed E-state index contributed by atoms with van der Waals surface area (Å²) in [5, 5.41) is 11.0. The highest BCUT2D eigenvalue weighted by Gasteiger charge is 2.38. The zero-order chi connectivity index (χ0) is 14.2. The Labute approximate surface area is 122 Å². The first-order valence-corrected chi connectivity index (χ1v) is 7.27. The number of nitrogens with zero attached hydrogens (tertiary/aromatic N) is 4. The minimum absolute atomic E-state index is 0.105. The molecule has 2 saturated heterocycles. The third kappa shape index (κ3) is 2.12. The topological polar surface area (TPSA) is 63.1 Å². The van der Waals surface area contributed by atoms with E-state index in [4.69, 9.17) is 0 Å². The van der Waals surface area contributed by atoms with Crippen molar-refractivity contribution in [3.63, 3.8) is 0 Å². The van der Waals surface area contributed by atoms with Crippen LogP contribution in [0.1, 0.15) is 10.4 Å². The van der Waals surface area contributed by atoms with Crippen LogP contribution < -0.4 is 5.32 Å². The van der Waals surface area contributed by atoms with E-state index in [0.717, 1.165) is 31.9 Å². The minimum atomic E-state index is 0.105. The standard InChI is InChI=1S/C15H17N5O/c21-15(19-7-11-5-16-6-12(11)8-19)13-3-1-2-4-14(13)20-9-17-18-10-20/h1-4,9-12,16H,5-8H2. The van der Waals surface area contributed by atoms with Gasteiger partial charge in [-0.15, -0.1) is 10.2 Å². The zero-order valence-electron chi connectivity index (χ0n) is 11.6. The maximum absolute atomic E-state index is 12.8. The monoisotopic (exact) mass is 283 g/mol. The Morgan fingerprint density at radius 3 is 2.48 bits per heavy atom. The van der Waals surface area contributed by atoms with E-state index in [1.165, 1.54) is 0 Å². The Bertz CT molecular complexity index is 642. The molecule has 0 bridgehead atoms. The molecule has 2 fully saturated rings. The summed E-state index contributed by atoms with van der Waals surface area (Å²) >= 11 is 0. The normalized spacial score (nSPS) is 24.3. The van der Waals surface area contributed by atoms with E-state index in [2.05, 4.69) is 15.5 Å². The lowest BCUT2D eigenvalue weighted by molar-refractivity contribution is 0.0781. The molecule has 0 aliphatic carbocycles. The van der Waals surface area contributed by atoms with Crippen LogP contribution in [0.2, 0.25) is 0 Å². The molecule has 1 N–H and O–H groups in total. The first-order valence-electron chi connectivity index (χ1n) is 7.27. The molecule has 6 heteroatoms. The summed E-state index contributed by atoms with van der Waals surface area (Å²) in [6.07, 6.45) is 3.24. The quantitative estimate of drug-likeness (QED) is 0.874. The number of nitrogens with one attached hydrogen (secondary N) is 1. The van der Waals surface area contributed by atoms with Crippen LogP contribution in [0.4, 0.5) is 0 Å². The van der Waals surface area contributed by atoms with Gasteiger partial charge in [0.05, 0.1) is 11.3 Å². The van der Waals surface area contributed by atoms with Crippen LogP contribution in [0, 0.1) is 11.8 Å². The number of rotatable bonds is 2. The van der Waals surface area contributed by atoms with E-state index in [1.807, 2.05) is 29.2 Å². The van der Waals surface area contributed by atoms with Crippen LogP contribution in [0.3, 0.4) is 0 Å². The number of carbonyl (C=O) groups excluding carboxylic acids is 1. The molecular weight excluding hydrogens is 266 g/mol. The minimum Gasteiger partial charge on any atom is -0.338 e. The van der Waals surface area contributed by atoms with Crippen molar-refractivity contribution in [2.75, 3.05) is 26.2 Å². The molecule has 2 aliphatic heterocycles. The fraction of sp³-hybridized carbons (Fsp3) is 0.400. The molecule has 3 heterocycles. The van der Waals surface area contributed by atoms with Crippen LogP contribution in [0.15, 0.2) is 36.9 Å². The van der Waals surface area contributed by atoms with Gasteiger partial charge in [-0.2, -0.15) is 0 Å². The van der Waals surface area contributed by atoms with Gasteiger partial charge in [0.1, 0.15) is 12.7 Å². The molecule has 1 aromatic heterocycles. The van der Waals surface area contributed by atoms with Crippen molar-refractivity contribution in [3.05, 3.63) is 42.5 Å². The van der Waals surface area contributed by atoms with Crippen LogP contribution >= 0.6 is 0 Å². The summed E-state index contributed by atoms with van der Waals surface area (Å²) in [6, 6.07) is 7.63. The van der Waals surface area contributed by atoms with Crippen LogP contribution in [-0.4, -0.2) is 51.8 Å². The average molecular weight is 283 g/mol. The molecule has 0 saturated carbocycles. The van der Waals surface area contributed by atoms with E-state index in [0.29, 0.717) is 17.4 Å². The van der Waals surface area contributed by atoms with Gasteiger partial charge in [-0.05, 0) is 24.0 Å². The Hall–Kier alpha value is -2.21. The molecule has 108 valence electrons. The second kappa shape index (κ2) is 4.96. The second-order valence-corrected chi connectivity index (χ2v) is 5.77. The van der Waals surface area contributed by atoms with Gasteiger partial charge in [-0.3, -0.25) is 9.36 Å². The molecule has 6 nitrogen and oxygen atoms in total. The van der Waals surface area contributed by atoms with Gasteiger partial charge < -0.3 is 10.2 Å². The van der Waals surface area contributed by atoms with Crippen molar-refractivity contribution < 1.29 is 4.79 Å². The van der Waals surface area contributed by atoms with E-state index >= 15 is 0 Å². The first-order chi connectivity index (χ1) is 10.3. The number of benzene rings is 1. The molecule has 2 unspecified atom stereocenters. The predicted molar refractivity (Wildman–Crippen MR) is 77.1 cm³/mol. The lowest BCUT2D eigenvalue weighted by atomic mass is 10.0. The summed E-state index contributed by atoms with van der Waals surface area (Å²) in [6.45, 7) is 3.77. The number of hydrogen-bond acceptors (Lipinski definition) is 4. The third-order valence-electron chi connectivity index (χ3n) is 4.51. The number of hydrogen-bond donors (Lipinski definition) is 1. The molecule has 2 atom stereocenters. The lowest BCUT2D eigenvalue weighted by Gasteiger charge is -2.19. The number of fused-ring (bicyclic) bond motifs is 1. The SMILES string of the molecule is O=C(c1ccccc1-n1cnnc1)N1CC2CNCC2C1. The molecule has 1 aromatic carbocycles. The fourth-order valence-electron chi connectivity index (χ4n) is 3.40. The van der Waals surface area contributed by atoms with Crippen molar-refractivity contribution >= 4 is 5.91 Å². The highest BCUT2D eigenvalue weighted by atomic mass is 16.2. The average Bonchev–Trinajstić information content (AvgIpc) is 3.22. The van der Waals surface area contributed by atoms with Gasteiger partial charge in [-0.1, -0.05) is 12.1 Å². The van der Waals surface area contributed by atoms with Crippen molar-refractivity contribution in [2.45, 2.75) is 0 Å². The maximum atomic E-state index is 12.8. The van der Waals surface area contributed by atoms with Crippen molar-refractivity contribution in [1.82, 2.24) is 25.0 Å². The Morgan fingerprint density at radius 1 is 1.10 bits per heavy atom. The first kappa shape index (κ1) is 12.5. The Kier molecular flexibility index (Phi) is 2.96. The largest absolute Gasteiger partial charge is 0.338 e. The Morgan fingerprint density at radius 2 is 1.76 bits per heavy atom. The molecule has 21 heavy (non-hydrogen) atoms. The van der Waals surface area contributed by atoms with E-state index < -0.39 is 0 Å². The molecule has 2 aromatic rings. The number of amides is 1. The number of likely N-dealkylation sites (tertiary alicyclic amines) is 1. The lowest BCUT2D eigenvalue weighted by Crippen LogP contribution is -2.32. The van der Waals surface area contributed by atoms with E-state index in [9.17, 15) is 4.79 Å². The fourth-order valence-corrected chi connectivity index (χ4v) is 3.40. The summed E-state index contributed by atoms with van der Waals surface area (Å²) in [4.78, 5) is 14.8. The second-order valence-electron chi connectivity index (χ2n) is 5.77. The van der Waals surface area contributed by atoms with Gasteiger partial charge in [0.25, 0.3) is 5.91 Å². The van der Waals surface area contributed by atoms with Gasteiger partial charge >= 0.3 is 0 Å². The van der Waals surface area contributed by atoms with Gasteiger partial charge in [0, 0.05) is 26.2 Å². The molecule has 1 amide bonds. The predicted octanol–water partition coefficient (Wildman–Crippen LogP) is 0.559. The summed E-state index contributed by atoms with van der Waals surface area (Å²) in [5.74, 6) is 1.32. The zero-order valence-corrected chi connectivity index (χ0v) is 11.6. The van der Waals surface area contributed by atoms with Crippen molar-refractivity contribution in [3.8, 4) is 5.69 Å². The van der Waals surface area contributed by atoms with Crippen LogP contribution in [-0.2, 0) is 0 Å². The van der Waals surface area contributed by atoms with Gasteiger partial charge in [0.15, 0.2) is 0 Å². The summed E-state index contributed by atoms with van der Waals surface area (Å²) in [7, 11) is 0. The number of aromatic nitrogens is 3. The van der Waals surface area contributed by atoms with E-state index in [-0.39, 0.29) is 5.91 Å². The number of carbonyl (C=O) groups is 1. The highest BCUT2D eigenvalue weighted by Crippen LogP contribution is 2.28. The van der Waals surface area contributed by atoms with Crippen molar-refractivity contribution in [2.24, 2.45) is 11.8 Å². The van der Waals surface area contributed by atoms with Crippen LogP contribution in [0.25, 0.3) is 5.69 Å². The number of para-hydroxylation sites is 1. The molecular formula is C15H17N5O. The molecule has 2 aliphatic rings. The van der Waals surface area contributed by atoms with Gasteiger partial charge in [-0.25, -0.2) is 0 Å². The smallest absolute Gasteiger partial charge is 0.256 e. The van der Waals surface area contributed by atoms with Crippen LogP contribution in [0.5, 0.6) is 0 Å². The molecule has 0 radical (unpaired) electrons. The Balaban J connectivity index is 1.63.